The molecule has 1 saturated heterocycles. The van der Waals surface area contributed by atoms with E-state index in [1.807, 2.05) is 13.0 Å². The molecule has 0 saturated carbocycles. The number of aryl methyl sites for hydroxylation is 2. The van der Waals surface area contributed by atoms with Crippen LogP contribution >= 0.6 is 0 Å². The van der Waals surface area contributed by atoms with Crippen molar-refractivity contribution < 1.29 is 16.8 Å². The van der Waals surface area contributed by atoms with Gasteiger partial charge < -0.3 is 0 Å². The number of hydrogen-bond donors (Lipinski definition) is 0. The van der Waals surface area contributed by atoms with Gasteiger partial charge in [0.25, 0.3) is 0 Å². The fraction of sp³-hybridized carbons (Fsp3) is 0.333. The molecule has 0 aliphatic carbocycles. The SMILES string of the molecule is Cc1ccc(S(=O)(=O)N2CCC(S(=O)(=O)c3ccccc3)C2)c(C)c1. The van der Waals surface area contributed by atoms with Gasteiger partial charge in [-0.1, -0.05) is 35.9 Å². The van der Waals surface area contributed by atoms with Gasteiger partial charge in [0.2, 0.25) is 10.0 Å². The largest absolute Gasteiger partial charge is 0.243 e. The van der Waals surface area contributed by atoms with E-state index in [1.165, 1.54) is 4.31 Å². The molecule has 1 aliphatic rings. The molecule has 7 heteroatoms. The van der Waals surface area contributed by atoms with Crippen LogP contribution in [0.4, 0.5) is 0 Å². The van der Waals surface area contributed by atoms with E-state index >= 15 is 0 Å². The molecule has 5 nitrogen and oxygen atoms in total. The topological polar surface area (TPSA) is 71.5 Å². The summed E-state index contributed by atoms with van der Waals surface area (Å²) < 4.78 is 52.6. The Hall–Kier alpha value is -1.70. The molecule has 0 spiro atoms. The Morgan fingerprint density at radius 1 is 0.960 bits per heavy atom. The van der Waals surface area contributed by atoms with E-state index in [0.717, 1.165) is 5.56 Å². The van der Waals surface area contributed by atoms with Gasteiger partial charge in [0, 0.05) is 13.1 Å². The van der Waals surface area contributed by atoms with Crippen LogP contribution in [0.15, 0.2) is 58.3 Å². The molecule has 3 rings (SSSR count). The zero-order valence-electron chi connectivity index (χ0n) is 14.2. The summed E-state index contributed by atoms with van der Waals surface area (Å²) >= 11 is 0. The minimum Gasteiger partial charge on any atom is -0.223 e. The molecule has 25 heavy (non-hydrogen) atoms. The monoisotopic (exact) mass is 379 g/mol. The Kier molecular flexibility index (Phi) is 4.74. The normalized spacial score (nSPS) is 19.2. The molecular weight excluding hydrogens is 358 g/mol. The Morgan fingerprint density at radius 2 is 1.64 bits per heavy atom. The van der Waals surface area contributed by atoms with Gasteiger partial charge in [-0.25, -0.2) is 16.8 Å². The molecule has 0 aromatic heterocycles. The second-order valence-electron chi connectivity index (χ2n) is 6.40. The lowest BCUT2D eigenvalue weighted by Gasteiger charge is -2.18. The fourth-order valence-corrected chi connectivity index (χ4v) is 6.71. The lowest BCUT2D eigenvalue weighted by Crippen LogP contribution is -2.32. The van der Waals surface area contributed by atoms with Gasteiger partial charge in [0.15, 0.2) is 9.84 Å². The summed E-state index contributed by atoms with van der Waals surface area (Å²) in [5.74, 6) is 0. The summed E-state index contributed by atoms with van der Waals surface area (Å²) in [4.78, 5) is 0.488. The number of hydrogen-bond acceptors (Lipinski definition) is 4. The average Bonchev–Trinajstić information content (AvgIpc) is 3.07. The molecule has 1 heterocycles. The van der Waals surface area contributed by atoms with Crippen molar-refractivity contribution in [3.8, 4) is 0 Å². The molecule has 0 N–H and O–H groups in total. The standard InChI is InChI=1S/C18H21NO4S2/c1-14-8-9-18(15(2)12-14)25(22,23)19-11-10-17(13-19)24(20,21)16-6-4-3-5-7-16/h3-9,12,17H,10-11,13H2,1-2H3. The third-order valence-electron chi connectivity index (χ3n) is 4.57. The molecule has 2 aromatic carbocycles. The predicted octanol–water partition coefficient (Wildman–Crippen LogP) is 2.54. The van der Waals surface area contributed by atoms with E-state index in [2.05, 4.69) is 0 Å². The van der Waals surface area contributed by atoms with Gasteiger partial charge in [-0.2, -0.15) is 4.31 Å². The first-order valence-corrected chi connectivity index (χ1v) is 11.1. The highest BCUT2D eigenvalue weighted by Gasteiger charge is 2.39. The zero-order valence-corrected chi connectivity index (χ0v) is 15.8. The maximum Gasteiger partial charge on any atom is 0.243 e. The van der Waals surface area contributed by atoms with E-state index in [4.69, 9.17) is 0 Å². The van der Waals surface area contributed by atoms with E-state index in [-0.39, 0.29) is 22.9 Å². The first-order chi connectivity index (χ1) is 11.7. The molecule has 134 valence electrons. The van der Waals surface area contributed by atoms with Gasteiger partial charge in [-0.05, 0) is 44.0 Å². The highest BCUT2D eigenvalue weighted by molar-refractivity contribution is 7.92. The quantitative estimate of drug-likeness (QED) is 0.818. The summed E-state index contributed by atoms with van der Waals surface area (Å²) in [6.45, 7) is 3.87. The van der Waals surface area contributed by atoms with Crippen molar-refractivity contribution in [3.05, 3.63) is 59.7 Å². The first-order valence-electron chi connectivity index (χ1n) is 8.09. The molecule has 1 atom stereocenters. The van der Waals surface area contributed by atoms with Crippen molar-refractivity contribution in [2.45, 2.75) is 35.3 Å². The van der Waals surface area contributed by atoms with Crippen LogP contribution in [0.2, 0.25) is 0 Å². The van der Waals surface area contributed by atoms with Crippen LogP contribution in [0, 0.1) is 13.8 Å². The lowest BCUT2D eigenvalue weighted by molar-refractivity contribution is 0.476. The molecule has 0 bridgehead atoms. The lowest BCUT2D eigenvalue weighted by atomic mass is 10.2. The van der Waals surface area contributed by atoms with Crippen molar-refractivity contribution in [1.29, 1.82) is 0 Å². The third kappa shape index (κ3) is 3.36. The molecule has 1 aliphatic heterocycles. The van der Waals surface area contributed by atoms with E-state index in [9.17, 15) is 16.8 Å². The molecule has 0 radical (unpaired) electrons. The number of sulfonamides is 1. The minimum absolute atomic E-state index is 0.00707. The van der Waals surface area contributed by atoms with Gasteiger partial charge in [-0.15, -0.1) is 0 Å². The van der Waals surface area contributed by atoms with Gasteiger partial charge in [0.1, 0.15) is 0 Å². The highest BCUT2D eigenvalue weighted by Crippen LogP contribution is 2.29. The van der Waals surface area contributed by atoms with Crippen LogP contribution in [-0.2, 0) is 19.9 Å². The summed E-state index contributed by atoms with van der Waals surface area (Å²) in [5.41, 5.74) is 1.66. The Labute approximate surface area is 149 Å². The van der Waals surface area contributed by atoms with Crippen LogP contribution in [0.3, 0.4) is 0 Å². The molecule has 1 fully saturated rings. The van der Waals surface area contributed by atoms with Crippen LogP contribution in [-0.4, -0.2) is 39.5 Å². The Morgan fingerprint density at radius 3 is 2.28 bits per heavy atom. The fourth-order valence-electron chi connectivity index (χ4n) is 3.20. The van der Waals surface area contributed by atoms with Crippen LogP contribution in [0.5, 0.6) is 0 Å². The average molecular weight is 380 g/mol. The third-order valence-corrected chi connectivity index (χ3v) is 8.78. The maximum absolute atomic E-state index is 12.9. The van der Waals surface area contributed by atoms with Crippen LogP contribution < -0.4 is 0 Å². The van der Waals surface area contributed by atoms with Crippen LogP contribution in [0.25, 0.3) is 0 Å². The number of sulfone groups is 1. The van der Waals surface area contributed by atoms with E-state index in [1.54, 1.807) is 49.4 Å². The van der Waals surface area contributed by atoms with Crippen molar-refractivity contribution in [2.75, 3.05) is 13.1 Å². The minimum atomic E-state index is -3.69. The summed E-state index contributed by atoms with van der Waals surface area (Å²) in [7, 11) is -7.23. The highest BCUT2D eigenvalue weighted by atomic mass is 32.2. The Bertz CT molecular complexity index is 983. The van der Waals surface area contributed by atoms with Crippen molar-refractivity contribution in [3.63, 3.8) is 0 Å². The summed E-state index contributed by atoms with van der Waals surface area (Å²) in [6, 6.07) is 13.4. The van der Waals surface area contributed by atoms with E-state index < -0.39 is 25.1 Å². The molecule has 1 unspecified atom stereocenters. The second-order valence-corrected chi connectivity index (χ2v) is 10.5. The number of nitrogens with zero attached hydrogens (tertiary/aromatic N) is 1. The van der Waals surface area contributed by atoms with Crippen molar-refractivity contribution in [2.24, 2.45) is 0 Å². The first kappa shape index (κ1) is 18.1. The molecule has 2 aromatic rings. The summed E-state index contributed by atoms with van der Waals surface area (Å²) in [6.07, 6.45) is 0.307. The second kappa shape index (κ2) is 6.55. The Balaban J connectivity index is 1.87. The smallest absolute Gasteiger partial charge is 0.223 e. The van der Waals surface area contributed by atoms with Crippen LogP contribution in [0.1, 0.15) is 17.5 Å². The maximum atomic E-state index is 12.9. The van der Waals surface area contributed by atoms with Gasteiger partial charge >= 0.3 is 0 Å². The zero-order chi connectivity index (χ0) is 18.2. The summed E-state index contributed by atoms with van der Waals surface area (Å²) in [5, 5.41) is -0.713. The number of benzene rings is 2. The predicted molar refractivity (Wildman–Crippen MR) is 96.7 cm³/mol. The van der Waals surface area contributed by atoms with E-state index in [0.29, 0.717) is 12.0 Å². The van der Waals surface area contributed by atoms with Crippen molar-refractivity contribution >= 4 is 19.9 Å². The van der Waals surface area contributed by atoms with Gasteiger partial charge in [0.05, 0.1) is 15.0 Å². The molecular formula is C18H21NO4S2. The number of rotatable bonds is 4. The van der Waals surface area contributed by atoms with Crippen molar-refractivity contribution in [1.82, 2.24) is 4.31 Å². The molecule has 0 amide bonds. The van der Waals surface area contributed by atoms with Gasteiger partial charge in [-0.3, -0.25) is 0 Å².